The van der Waals surface area contributed by atoms with E-state index in [4.69, 9.17) is 0 Å². The van der Waals surface area contributed by atoms with Crippen LogP contribution in [-0.2, 0) is 21.2 Å². The number of carbonyl (C=O) groups excluding carboxylic acids is 1. The first-order valence-corrected chi connectivity index (χ1v) is 11.6. The highest BCUT2D eigenvalue weighted by atomic mass is 32.2. The maximum Gasteiger partial charge on any atom is 0.246 e. The molecule has 1 heterocycles. The van der Waals surface area contributed by atoms with Crippen LogP contribution in [0.25, 0.3) is 0 Å². The molecule has 1 atom stereocenters. The number of nitrogens with one attached hydrogen (secondary N) is 2. The summed E-state index contributed by atoms with van der Waals surface area (Å²) in [5.74, 6) is -0.183. The Balaban J connectivity index is 1.58. The van der Waals surface area contributed by atoms with Crippen molar-refractivity contribution in [2.45, 2.75) is 50.5 Å². The summed E-state index contributed by atoms with van der Waals surface area (Å²) in [5, 5.41) is 6.02. The van der Waals surface area contributed by atoms with Crippen molar-refractivity contribution in [3.05, 3.63) is 54.1 Å². The van der Waals surface area contributed by atoms with Crippen molar-refractivity contribution in [3.63, 3.8) is 0 Å². The number of benzene rings is 2. The van der Waals surface area contributed by atoms with Gasteiger partial charge >= 0.3 is 0 Å². The Labute approximate surface area is 173 Å². The van der Waals surface area contributed by atoms with Crippen LogP contribution in [-0.4, -0.2) is 37.8 Å². The van der Waals surface area contributed by atoms with E-state index in [0.717, 1.165) is 31.4 Å². The molecule has 3 rings (SSSR count). The van der Waals surface area contributed by atoms with Crippen LogP contribution in [0.5, 0.6) is 0 Å². The first kappa shape index (κ1) is 21.3. The summed E-state index contributed by atoms with van der Waals surface area (Å²) in [7, 11) is -3.44. The number of hydrogen-bond acceptors (Lipinski definition) is 4. The third kappa shape index (κ3) is 5.36. The van der Waals surface area contributed by atoms with E-state index in [-0.39, 0.29) is 10.8 Å². The predicted octanol–water partition coefficient (Wildman–Crippen LogP) is 3.86. The zero-order valence-electron chi connectivity index (χ0n) is 17.0. The molecule has 0 bridgehead atoms. The lowest BCUT2D eigenvalue weighted by atomic mass is 10.1. The van der Waals surface area contributed by atoms with Gasteiger partial charge in [0.15, 0.2) is 0 Å². The van der Waals surface area contributed by atoms with E-state index in [9.17, 15) is 13.2 Å². The molecule has 2 aromatic carbocycles. The van der Waals surface area contributed by atoms with Gasteiger partial charge in [-0.25, -0.2) is 8.42 Å². The van der Waals surface area contributed by atoms with Crippen LogP contribution in [0.4, 0.5) is 11.4 Å². The molecular weight excluding hydrogens is 386 g/mol. The molecule has 0 aromatic heterocycles. The van der Waals surface area contributed by atoms with Gasteiger partial charge in [0, 0.05) is 24.5 Å². The SMILES string of the molecule is CCCc1ccc(N[C@@H](C)C(=O)Nc2ccc(S(=O)(=O)N3CCCC3)cc2)cc1. The van der Waals surface area contributed by atoms with Gasteiger partial charge in [-0.15, -0.1) is 0 Å². The van der Waals surface area contributed by atoms with Crippen LogP contribution in [0.3, 0.4) is 0 Å². The van der Waals surface area contributed by atoms with E-state index < -0.39 is 16.1 Å². The number of carbonyl (C=O) groups is 1. The second kappa shape index (κ2) is 9.41. The number of hydrogen-bond donors (Lipinski definition) is 2. The van der Waals surface area contributed by atoms with Crippen LogP contribution in [0.15, 0.2) is 53.4 Å². The fourth-order valence-corrected chi connectivity index (χ4v) is 4.93. The van der Waals surface area contributed by atoms with Gasteiger partial charge in [0.25, 0.3) is 0 Å². The maximum atomic E-state index is 12.6. The van der Waals surface area contributed by atoms with Crippen molar-refractivity contribution in [1.82, 2.24) is 4.31 Å². The molecule has 0 unspecified atom stereocenters. The van der Waals surface area contributed by atoms with Crippen LogP contribution < -0.4 is 10.6 Å². The Hall–Kier alpha value is -2.38. The molecule has 29 heavy (non-hydrogen) atoms. The Morgan fingerprint density at radius 3 is 2.17 bits per heavy atom. The van der Waals surface area contributed by atoms with Crippen molar-refractivity contribution in [1.29, 1.82) is 0 Å². The number of rotatable bonds is 8. The van der Waals surface area contributed by atoms with Crippen LogP contribution in [0.1, 0.15) is 38.7 Å². The number of anilines is 2. The van der Waals surface area contributed by atoms with E-state index in [2.05, 4.69) is 29.7 Å². The van der Waals surface area contributed by atoms with Gasteiger partial charge in [0.1, 0.15) is 6.04 Å². The molecule has 0 saturated carbocycles. The summed E-state index contributed by atoms with van der Waals surface area (Å²) in [6.07, 6.45) is 3.95. The lowest BCUT2D eigenvalue weighted by molar-refractivity contribution is -0.116. The Kier molecular flexibility index (Phi) is 6.92. The van der Waals surface area contributed by atoms with Gasteiger partial charge in [0.2, 0.25) is 15.9 Å². The number of sulfonamides is 1. The van der Waals surface area contributed by atoms with E-state index >= 15 is 0 Å². The molecule has 6 nitrogen and oxygen atoms in total. The van der Waals surface area contributed by atoms with Crippen molar-refractivity contribution < 1.29 is 13.2 Å². The molecule has 1 amide bonds. The summed E-state index contributed by atoms with van der Waals surface area (Å²) < 4.78 is 26.7. The van der Waals surface area contributed by atoms with Gasteiger partial charge < -0.3 is 10.6 Å². The average Bonchev–Trinajstić information content (AvgIpc) is 3.26. The molecular formula is C22H29N3O3S. The zero-order chi connectivity index (χ0) is 20.9. The van der Waals surface area contributed by atoms with Crippen LogP contribution in [0.2, 0.25) is 0 Å². The quantitative estimate of drug-likeness (QED) is 0.686. The zero-order valence-corrected chi connectivity index (χ0v) is 17.8. The summed E-state index contributed by atoms with van der Waals surface area (Å²) in [6.45, 7) is 5.08. The van der Waals surface area contributed by atoms with Crippen molar-refractivity contribution in [3.8, 4) is 0 Å². The van der Waals surface area contributed by atoms with Gasteiger partial charge in [-0.3, -0.25) is 4.79 Å². The minimum Gasteiger partial charge on any atom is -0.374 e. The standard InChI is InChI=1S/C22H29N3O3S/c1-3-6-18-7-9-19(10-8-18)23-17(2)22(26)24-20-11-13-21(14-12-20)29(27,28)25-15-4-5-16-25/h7-14,17,23H,3-6,15-16H2,1-2H3,(H,24,26)/t17-/m0/s1. The third-order valence-corrected chi connectivity index (χ3v) is 7.01. The highest BCUT2D eigenvalue weighted by molar-refractivity contribution is 7.89. The minimum absolute atomic E-state index is 0.183. The van der Waals surface area contributed by atoms with Gasteiger partial charge in [-0.05, 0) is 68.1 Å². The summed E-state index contributed by atoms with van der Waals surface area (Å²) >= 11 is 0. The van der Waals surface area contributed by atoms with Crippen LogP contribution in [0, 0.1) is 0 Å². The molecule has 0 radical (unpaired) electrons. The molecule has 1 fully saturated rings. The van der Waals surface area contributed by atoms with E-state index in [0.29, 0.717) is 18.8 Å². The van der Waals surface area contributed by atoms with Gasteiger partial charge in [-0.1, -0.05) is 25.5 Å². The Morgan fingerprint density at radius 2 is 1.59 bits per heavy atom. The van der Waals surface area contributed by atoms with E-state index in [1.54, 1.807) is 31.2 Å². The summed E-state index contributed by atoms with van der Waals surface area (Å²) in [5.41, 5.74) is 2.74. The van der Waals surface area contributed by atoms with Gasteiger partial charge in [-0.2, -0.15) is 4.31 Å². The monoisotopic (exact) mass is 415 g/mol. The molecule has 2 N–H and O–H groups in total. The normalized spacial score (nSPS) is 15.8. The smallest absolute Gasteiger partial charge is 0.246 e. The number of nitrogens with zero attached hydrogens (tertiary/aromatic N) is 1. The second-order valence-corrected chi connectivity index (χ2v) is 9.38. The van der Waals surface area contributed by atoms with Crippen LogP contribution >= 0.6 is 0 Å². The number of aryl methyl sites for hydroxylation is 1. The number of amides is 1. The highest BCUT2D eigenvalue weighted by Crippen LogP contribution is 2.22. The first-order chi connectivity index (χ1) is 13.9. The molecule has 1 aliphatic heterocycles. The fraction of sp³-hybridized carbons (Fsp3) is 0.409. The topological polar surface area (TPSA) is 78.5 Å². The average molecular weight is 416 g/mol. The molecule has 1 saturated heterocycles. The van der Waals surface area contributed by atoms with E-state index in [1.165, 1.54) is 9.87 Å². The fourth-order valence-electron chi connectivity index (χ4n) is 3.41. The van der Waals surface area contributed by atoms with Crippen molar-refractivity contribution in [2.75, 3.05) is 23.7 Å². The molecule has 0 aliphatic carbocycles. The minimum atomic E-state index is -3.44. The first-order valence-electron chi connectivity index (χ1n) is 10.2. The predicted molar refractivity (Wildman–Crippen MR) is 117 cm³/mol. The lowest BCUT2D eigenvalue weighted by Gasteiger charge is -2.17. The Bertz CT molecular complexity index is 919. The molecule has 156 valence electrons. The summed E-state index contributed by atoms with van der Waals surface area (Å²) in [6, 6.07) is 14.0. The molecule has 2 aromatic rings. The lowest BCUT2D eigenvalue weighted by Crippen LogP contribution is -2.32. The van der Waals surface area contributed by atoms with Crippen molar-refractivity contribution in [2.24, 2.45) is 0 Å². The van der Waals surface area contributed by atoms with Crippen molar-refractivity contribution >= 4 is 27.3 Å². The van der Waals surface area contributed by atoms with E-state index in [1.807, 2.05) is 12.1 Å². The molecule has 7 heteroatoms. The highest BCUT2D eigenvalue weighted by Gasteiger charge is 2.27. The largest absolute Gasteiger partial charge is 0.374 e. The Morgan fingerprint density at radius 1 is 1.00 bits per heavy atom. The summed E-state index contributed by atoms with van der Waals surface area (Å²) in [4.78, 5) is 12.7. The third-order valence-electron chi connectivity index (χ3n) is 5.09. The molecule has 1 aliphatic rings. The van der Waals surface area contributed by atoms with Gasteiger partial charge in [0.05, 0.1) is 4.90 Å². The maximum absolute atomic E-state index is 12.6. The molecule has 0 spiro atoms. The second-order valence-electron chi connectivity index (χ2n) is 7.44.